The molecule has 0 aromatic heterocycles. The van der Waals surface area contributed by atoms with Gasteiger partial charge in [0.25, 0.3) is 0 Å². The summed E-state index contributed by atoms with van der Waals surface area (Å²) in [6.45, 7) is 10.2. The molecule has 166 valence electrons. The predicted molar refractivity (Wildman–Crippen MR) is 127 cm³/mol. The average molecular weight is 424 g/mol. The van der Waals surface area contributed by atoms with Crippen LogP contribution in [0.3, 0.4) is 0 Å². The van der Waals surface area contributed by atoms with Gasteiger partial charge in [0.1, 0.15) is 5.75 Å². The Hall–Kier alpha value is -3.22. The summed E-state index contributed by atoms with van der Waals surface area (Å²) in [6, 6.07) is 12.3. The number of rotatable bonds is 5. The van der Waals surface area contributed by atoms with E-state index in [-0.39, 0.29) is 5.91 Å². The molecule has 0 unspecified atom stereocenters. The van der Waals surface area contributed by atoms with Gasteiger partial charge in [-0.2, -0.15) is 0 Å². The molecule has 1 aliphatic rings. The van der Waals surface area contributed by atoms with Crippen molar-refractivity contribution in [3.8, 4) is 5.75 Å². The maximum atomic E-state index is 11.5. The van der Waals surface area contributed by atoms with Gasteiger partial charge in [-0.15, -0.1) is 0 Å². The standard InChI is InChI=1S/C24H33N5O2/c1-17-7-6-8-22(18(17)2)28-11-13-29(14-12-28)24(25-4)26-16-20-9-10-23(31-5)21(15-20)27-19(3)30/h6-10,15H,11-14,16H2,1-5H3,(H,25,26)(H,27,30). The third-order valence-corrected chi connectivity index (χ3v) is 5.73. The molecular formula is C24H33N5O2. The van der Waals surface area contributed by atoms with E-state index in [1.165, 1.54) is 23.7 Å². The van der Waals surface area contributed by atoms with Crippen LogP contribution in [-0.4, -0.2) is 57.1 Å². The molecule has 1 amide bonds. The lowest BCUT2D eigenvalue weighted by Gasteiger charge is -2.38. The van der Waals surface area contributed by atoms with Crippen LogP contribution in [0.2, 0.25) is 0 Å². The lowest BCUT2D eigenvalue weighted by atomic mass is 10.1. The Morgan fingerprint density at radius 2 is 1.87 bits per heavy atom. The summed E-state index contributed by atoms with van der Waals surface area (Å²) in [4.78, 5) is 20.7. The highest BCUT2D eigenvalue weighted by Gasteiger charge is 2.21. The Kier molecular flexibility index (Phi) is 7.39. The number of benzene rings is 2. The van der Waals surface area contributed by atoms with Crippen molar-refractivity contribution in [2.75, 3.05) is 50.6 Å². The molecule has 1 aliphatic heterocycles. The van der Waals surface area contributed by atoms with Crippen LogP contribution in [0.5, 0.6) is 5.75 Å². The van der Waals surface area contributed by atoms with E-state index < -0.39 is 0 Å². The first-order valence-electron chi connectivity index (χ1n) is 10.6. The first-order chi connectivity index (χ1) is 14.9. The molecule has 2 aromatic carbocycles. The van der Waals surface area contributed by atoms with Crippen LogP contribution in [0, 0.1) is 13.8 Å². The van der Waals surface area contributed by atoms with Gasteiger partial charge in [-0.1, -0.05) is 18.2 Å². The van der Waals surface area contributed by atoms with E-state index in [1.807, 2.05) is 25.2 Å². The molecule has 0 saturated carbocycles. The SMILES string of the molecule is CN=C(NCc1ccc(OC)c(NC(C)=O)c1)N1CCN(c2cccc(C)c2C)CC1. The summed E-state index contributed by atoms with van der Waals surface area (Å²) in [7, 11) is 3.41. The third-order valence-electron chi connectivity index (χ3n) is 5.73. The van der Waals surface area contributed by atoms with Crippen molar-refractivity contribution in [2.45, 2.75) is 27.3 Å². The minimum atomic E-state index is -0.124. The number of piperazine rings is 1. The number of hydrogen-bond donors (Lipinski definition) is 2. The van der Waals surface area contributed by atoms with Gasteiger partial charge in [-0.25, -0.2) is 0 Å². The number of methoxy groups -OCH3 is 1. The van der Waals surface area contributed by atoms with Crippen molar-refractivity contribution in [2.24, 2.45) is 4.99 Å². The summed E-state index contributed by atoms with van der Waals surface area (Å²) in [5, 5.41) is 6.27. The van der Waals surface area contributed by atoms with Crippen LogP contribution >= 0.6 is 0 Å². The van der Waals surface area contributed by atoms with Crippen molar-refractivity contribution in [1.82, 2.24) is 10.2 Å². The van der Waals surface area contributed by atoms with Gasteiger partial charge >= 0.3 is 0 Å². The Bertz CT molecular complexity index is 949. The Balaban J connectivity index is 1.60. The number of hydrogen-bond acceptors (Lipinski definition) is 4. The predicted octanol–water partition coefficient (Wildman–Crippen LogP) is 3.17. The lowest BCUT2D eigenvalue weighted by Crippen LogP contribution is -2.52. The van der Waals surface area contributed by atoms with Gasteiger partial charge in [0.2, 0.25) is 5.91 Å². The number of aliphatic imine (C=N–C) groups is 1. The second-order valence-corrected chi connectivity index (χ2v) is 7.81. The van der Waals surface area contributed by atoms with E-state index in [0.29, 0.717) is 18.0 Å². The van der Waals surface area contributed by atoms with Gasteiger partial charge in [0.05, 0.1) is 12.8 Å². The molecule has 2 N–H and O–H groups in total. The van der Waals surface area contributed by atoms with Crippen molar-refractivity contribution in [3.05, 3.63) is 53.1 Å². The monoisotopic (exact) mass is 423 g/mol. The fourth-order valence-corrected chi connectivity index (χ4v) is 3.90. The van der Waals surface area contributed by atoms with Crippen LogP contribution in [0.1, 0.15) is 23.6 Å². The van der Waals surface area contributed by atoms with E-state index >= 15 is 0 Å². The van der Waals surface area contributed by atoms with Crippen molar-refractivity contribution < 1.29 is 9.53 Å². The summed E-state index contributed by atoms with van der Waals surface area (Å²) < 4.78 is 5.33. The normalized spacial score (nSPS) is 14.4. The molecule has 0 aliphatic carbocycles. The van der Waals surface area contributed by atoms with Gasteiger partial charge in [-0.05, 0) is 48.7 Å². The fourth-order valence-electron chi connectivity index (χ4n) is 3.90. The van der Waals surface area contributed by atoms with Crippen LogP contribution in [0.25, 0.3) is 0 Å². The lowest BCUT2D eigenvalue weighted by molar-refractivity contribution is -0.114. The smallest absolute Gasteiger partial charge is 0.221 e. The molecule has 31 heavy (non-hydrogen) atoms. The number of guanidine groups is 1. The summed E-state index contributed by atoms with van der Waals surface area (Å²) in [6.07, 6.45) is 0. The fraction of sp³-hybridized carbons (Fsp3) is 0.417. The van der Waals surface area contributed by atoms with Gasteiger partial charge < -0.3 is 25.2 Å². The zero-order valence-corrected chi connectivity index (χ0v) is 19.2. The second-order valence-electron chi connectivity index (χ2n) is 7.81. The zero-order valence-electron chi connectivity index (χ0n) is 19.2. The number of ether oxygens (including phenoxy) is 1. The highest BCUT2D eigenvalue weighted by molar-refractivity contribution is 5.90. The zero-order chi connectivity index (χ0) is 22.4. The van der Waals surface area contributed by atoms with E-state index in [2.05, 4.69) is 57.5 Å². The van der Waals surface area contributed by atoms with Crippen LogP contribution in [0.4, 0.5) is 11.4 Å². The van der Waals surface area contributed by atoms with E-state index in [4.69, 9.17) is 4.74 Å². The van der Waals surface area contributed by atoms with E-state index in [0.717, 1.165) is 37.7 Å². The van der Waals surface area contributed by atoms with Gasteiger partial charge in [0, 0.05) is 52.4 Å². The highest BCUT2D eigenvalue weighted by Crippen LogP contribution is 2.26. The Morgan fingerprint density at radius 3 is 2.52 bits per heavy atom. The molecule has 0 bridgehead atoms. The van der Waals surface area contributed by atoms with Gasteiger partial charge in [-0.3, -0.25) is 9.79 Å². The Labute approximate surface area is 185 Å². The van der Waals surface area contributed by atoms with Crippen molar-refractivity contribution in [1.29, 1.82) is 0 Å². The molecule has 1 saturated heterocycles. The topological polar surface area (TPSA) is 69.2 Å². The van der Waals surface area contributed by atoms with Crippen LogP contribution in [0.15, 0.2) is 41.4 Å². The number of carbonyl (C=O) groups excluding carboxylic acids is 1. The summed E-state index contributed by atoms with van der Waals surface area (Å²) in [5.41, 5.74) is 5.72. The largest absolute Gasteiger partial charge is 0.495 e. The molecule has 3 rings (SSSR count). The van der Waals surface area contributed by atoms with Crippen LogP contribution < -0.4 is 20.3 Å². The van der Waals surface area contributed by atoms with Crippen molar-refractivity contribution in [3.63, 3.8) is 0 Å². The van der Waals surface area contributed by atoms with E-state index in [1.54, 1.807) is 7.11 Å². The molecule has 0 atom stereocenters. The third kappa shape index (κ3) is 5.48. The number of amides is 1. The molecule has 1 heterocycles. The number of nitrogens with zero attached hydrogens (tertiary/aromatic N) is 3. The van der Waals surface area contributed by atoms with Crippen molar-refractivity contribution >= 4 is 23.2 Å². The second kappa shape index (κ2) is 10.2. The number of carbonyl (C=O) groups is 1. The highest BCUT2D eigenvalue weighted by atomic mass is 16.5. The molecule has 7 heteroatoms. The maximum Gasteiger partial charge on any atom is 0.221 e. The summed E-state index contributed by atoms with van der Waals surface area (Å²) in [5.74, 6) is 1.41. The quantitative estimate of drug-likeness (QED) is 0.571. The molecule has 2 aromatic rings. The average Bonchev–Trinajstić information content (AvgIpc) is 2.76. The molecule has 7 nitrogen and oxygen atoms in total. The summed E-state index contributed by atoms with van der Waals surface area (Å²) >= 11 is 0. The Morgan fingerprint density at radius 1 is 1.13 bits per heavy atom. The molecule has 0 radical (unpaired) electrons. The van der Waals surface area contributed by atoms with Crippen LogP contribution in [-0.2, 0) is 11.3 Å². The van der Waals surface area contributed by atoms with Gasteiger partial charge in [0.15, 0.2) is 5.96 Å². The minimum absolute atomic E-state index is 0.124. The first-order valence-corrected chi connectivity index (χ1v) is 10.6. The minimum Gasteiger partial charge on any atom is -0.495 e. The number of aryl methyl sites for hydroxylation is 1. The molecular weight excluding hydrogens is 390 g/mol. The molecule has 0 spiro atoms. The first kappa shape index (κ1) is 22.5. The number of nitrogens with one attached hydrogen (secondary N) is 2. The molecule has 1 fully saturated rings. The maximum absolute atomic E-state index is 11.5. The number of anilines is 2. The van der Waals surface area contributed by atoms with E-state index in [9.17, 15) is 4.79 Å².